The minimum absolute atomic E-state index is 0.220. The molecule has 0 amide bonds. The summed E-state index contributed by atoms with van der Waals surface area (Å²) >= 11 is 0. The Morgan fingerprint density at radius 2 is 1.72 bits per heavy atom. The van der Waals surface area contributed by atoms with Gasteiger partial charge in [-0.05, 0) is 62.5 Å². The van der Waals surface area contributed by atoms with Crippen LogP contribution in [0.4, 0.5) is 17.8 Å². The Kier molecular flexibility index (Phi) is 7.85. The SMILES string of the molecule is CC(C)Nc1nc(NCC2CCC(CC3(S(N)(=O)=O)CC=Cc4ccccc43)CC2)nc(N(C)C)n1. The number of aromatic nitrogens is 3. The van der Waals surface area contributed by atoms with Gasteiger partial charge in [0.1, 0.15) is 4.75 Å². The largest absolute Gasteiger partial charge is 0.354 e. The summed E-state index contributed by atoms with van der Waals surface area (Å²) in [6.07, 6.45) is 8.98. The van der Waals surface area contributed by atoms with Crippen LogP contribution >= 0.6 is 0 Å². The number of primary sulfonamides is 1. The van der Waals surface area contributed by atoms with Crippen molar-refractivity contribution in [3.63, 3.8) is 0 Å². The van der Waals surface area contributed by atoms with Gasteiger partial charge in [0, 0.05) is 26.7 Å². The number of anilines is 3. The number of rotatable bonds is 9. The molecule has 0 aliphatic heterocycles. The number of hydrogen-bond acceptors (Lipinski definition) is 8. The molecule has 0 saturated heterocycles. The first-order valence-electron chi connectivity index (χ1n) is 12.8. The second kappa shape index (κ2) is 10.7. The molecule has 4 rings (SSSR count). The highest BCUT2D eigenvalue weighted by atomic mass is 32.2. The van der Waals surface area contributed by atoms with Crippen LogP contribution in [0.1, 0.15) is 63.5 Å². The smallest absolute Gasteiger partial charge is 0.231 e. The molecular formula is C26H39N7O2S. The number of allylic oxidation sites excluding steroid dienone is 1. The van der Waals surface area contributed by atoms with Crippen molar-refractivity contribution in [3.05, 3.63) is 41.5 Å². The van der Waals surface area contributed by atoms with E-state index in [2.05, 4.69) is 25.6 Å². The number of fused-ring (bicyclic) bond motifs is 1. The number of nitrogens with two attached hydrogens (primary N) is 1. The average Bonchev–Trinajstić information content (AvgIpc) is 2.82. The zero-order valence-corrected chi connectivity index (χ0v) is 22.6. The van der Waals surface area contributed by atoms with E-state index in [0.29, 0.717) is 42.5 Å². The molecule has 9 nitrogen and oxygen atoms in total. The molecule has 1 unspecified atom stereocenters. The normalized spacial score (nSPS) is 23.8. The van der Waals surface area contributed by atoms with Crippen LogP contribution in [0.15, 0.2) is 30.3 Å². The van der Waals surface area contributed by atoms with Crippen LogP contribution in [-0.4, -0.2) is 50.1 Å². The Hall–Kier alpha value is -2.72. The van der Waals surface area contributed by atoms with Gasteiger partial charge in [-0.15, -0.1) is 0 Å². The molecule has 2 aliphatic carbocycles. The summed E-state index contributed by atoms with van der Waals surface area (Å²) in [6, 6.07) is 7.97. The average molecular weight is 514 g/mol. The Morgan fingerprint density at radius 1 is 1.06 bits per heavy atom. The van der Waals surface area contributed by atoms with E-state index >= 15 is 0 Å². The van der Waals surface area contributed by atoms with Gasteiger partial charge in [0.15, 0.2) is 0 Å². The van der Waals surface area contributed by atoms with Gasteiger partial charge in [0.05, 0.1) is 0 Å². The van der Waals surface area contributed by atoms with Crippen molar-refractivity contribution < 1.29 is 8.42 Å². The molecule has 36 heavy (non-hydrogen) atoms. The van der Waals surface area contributed by atoms with Crippen LogP contribution in [0.5, 0.6) is 0 Å². The van der Waals surface area contributed by atoms with Crippen LogP contribution in [0, 0.1) is 11.8 Å². The van der Waals surface area contributed by atoms with Crippen molar-refractivity contribution in [2.45, 2.75) is 63.2 Å². The minimum atomic E-state index is -3.78. The van der Waals surface area contributed by atoms with Gasteiger partial charge in [-0.3, -0.25) is 0 Å². The Labute approximate surface area is 215 Å². The van der Waals surface area contributed by atoms with Gasteiger partial charge < -0.3 is 15.5 Å². The molecule has 2 aliphatic rings. The number of benzene rings is 1. The fourth-order valence-electron chi connectivity index (χ4n) is 5.43. The Balaban J connectivity index is 1.39. The monoisotopic (exact) mass is 513 g/mol. The molecule has 1 aromatic carbocycles. The summed E-state index contributed by atoms with van der Waals surface area (Å²) in [5.74, 6) is 2.53. The van der Waals surface area contributed by atoms with Crippen LogP contribution in [0.2, 0.25) is 0 Å². The molecule has 1 heterocycles. The summed E-state index contributed by atoms with van der Waals surface area (Å²) in [5, 5.41) is 12.6. The van der Waals surface area contributed by atoms with Gasteiger partial charge in [0.2, 0.25) is 27.9 Å². The molecule has 2 aromatic rings. The minimum Gasteiger partial charge on any atom is -0.354 e. The molecule has 0 bridgehead atoms. The lowest BCUT2D eigenvalue weighted by Crippen LogP contribution is -2.44. The third-order valence-electron chi connectivity index (χ3n) is 7.32. The van der Waals surface area contributed by atoms with Crippen molar-refractivity contribution in [2.75, 3.05) is 36.2 Å². The molecule has 196 valence electrons. The summed E-state index contributed by atoms with van der Waals surface area (Å²) < 4.78 is 24.8. The highest BCUT2D eigenvalue weighted by molar-refractivity contribution is 7.90. The van der Waals surface area contributed by atoms with Gasteiger partial charge >= 0.3 is 0 Å². The molecule has 0 radical (unpaired) electrons. The summed E-state index contributed by atoms with van der Waals surface area (Å²) in [5.41, 5.74) is 1.80. The van der Waals surface area contributed by atoms with E-state index in [1.54, 1.807) is 0 Å². The fourth-order valence-corrected chi connectivity index (χ4v) is 6.72. The molecule has 1 atom stereocenters. The van der Waals surface area contributed by atoms with Crippen LogP contribution < -0.4 is 20.7 Å². The van der Waals surface area contributed by atoms with Crippen molar-refractivity contribution in [2.24, 2.45) is 17.0 Å². The third kappa shape index (κ3) is 5.81. The van der Waals surface area contributed by atoms with Gasteiger partial charge in [0.25, 0.3) is 0 Å². The van der Waals surface area contributed by atoms with E-state index in [0.717, 1.165) is 43.4 Å². The standard InChI is InChI=1S/C26H39N7O2S/c1-18(2)29-24-30-23(31-25(32-24)33(3)4)28-17-20-13-11-19(12-14-20)16-26(36(27,34)35)15-7-9-21-8-5-6-10-22(21)26/h5-10,18-20H,11-17H2,1-4H3,(H2,27,34,35)(H2,28,29,30,31,32). The van der Waals surface area contributed by atoms with Crippen LogP contribution in [0.25, 0.3) is 6.08 Å². The summed E-state index contributed by atoms with van der Waals surface area (Å²) in [4.78, 5) is 15.4. The Bertz CT molecular complexity index is 1190. The van der Waals surface area contributed by atoms with Gasteiger partial charge in [-0.1, -0.05) is 49.3 Å². The fraction of sp³-hybridized carbons (Fsp3) is 0.577. The molecule has 4 N–H and O–H groups in total. The van der Waals surface area contributed by atoms with Crippen LogP contribution in [0.3, 0.4) is 0 Å². The molecule has 1 saturated carbocycles. The van der Waals surface area contributed by atoms with Crippen molar-refractivity contribution >= 4 is 33.9 Å². The number of hydrogen-bond donors (Lipinski definition) is 3. The lowest BCUT2D eigenvalue weighted by molar-refractivity contribution is 0.248. The zero-order valence-electron chi connectivity index (χ0n) is 21.7. The predicted molar refractivity (Wildman–Crippen MR) is 146 cm³/mol. The van der Waals surface area contributed by atoms with Crippen molar-refractivity contribution in [1.82, 2.24) is 15.0 Å². The number of nitrogens with one attached hydrogen (secondary N) is 2. The lowest BCUT2D eigenvalue weighted by Gasteiger charge is -2.39. The van der Waals surface area contributed by atoms with E-state index in [9.17, 15) is 8.42 Å². The summed E-state index contributed by atoms with van der Waals surface area (Å²) in [7, 11) is 0.0421. The highest BCUT2D eigenvalue weighted by Gasteiger charge is 2.46. The van der Waals surface area contributed by atoms with E-state index in [4.69, 9.17) is 5.14 Å². The maximum absolute atomic E-state index is 12.9. The lowest BCUT2D eigenvalue weighted by atomic mass is 9.74. The number of sulfonamides is 1. The first-order chi connectivity index (χ1) is 17.1. The maximum Gasteiger partial charge on any atom is 0.231 e. The van der Waals surface area contributed by atoms with E-state index in [1.807, 2.05) is 69.3 Å². The highest BCUT2D eigenvalue weighted by Crippen LogP contribution is 2.46. The maximum atomic E-state index is 12.9. The van der Waals surface area contributed by atoms with E-state index in [-0.39, 0.29) is 6.04 Å². The second-order valence-corrected chi connectivity index (χ2v) is 12.6. The third-order valence-corrected chi connectivity index (χ3v) is 8.96. The molecular weight excluding hydrogens is 474 g/mol. The predicted octanol–water partition coefficient (Wildman–Crippen LogP) is 3.97. The number of nitrogens with zero attached hydrogens (tertiary/aromatic N) is 4. The zero-order chi connectivity index (χ0) is 25.9. The van der Waals surface area contributed by atoms with E-state index in [1.165, 1.54) is 0 Å². The Morgan fingerprint density at radius 3 is 2.39 bits per heavy atom. The first-order valence-corrected chi connectivity index (χ1v) is 14.3. The van der Waals surface area contributed by atoms with Crippen molar-refractivity contribution in [3.8, 4) is 0 Å². The quantitative estimate of drug-likeness (QED) is 0.460. The van der Waals surface area contributed by atoms with Gasteiger partial charge in [-0.25, -0.2) is 13.6 Å². The second-order valence-electron chi connectivity index (χ2n) is 10.7. The first kappa shape index (κ1) is 26.3. The molecule has 1 fully saturated rings. The summed E-state index contributed by atoms with van der Waals surface area (Å²) in [6.45, 7) is 4.87. The van der Waals surface area contributed by atoms with Crippen LogP contribution in [-0.2, 0) is 14.8 Å². The topological polar surface area (TPSA) is 126 Å². The molecule has 1 aromatic heterocycles. The van der Waals surface area contributed by atoms with Crippen molar-refractivity contribution in [1.29, 1.82) is 0 Å². The molecule has 0 spiro atoms. The molecule has 10 heteroatoms. The van der Waals surface area contributed by atoms with Gasteiger partial charge in [-0.2, -0.15) is 15.0 Å². The van der Waals surface area contributed by atoms with E-state index < -0.39 is 14.8 Å².